The number of hydrogen-bond acceptors (Lipinski definition) is 2. The zero-order valence-electron chi connectivity index (χ0n) is 9.03. The number of rotatable bonds is 4. The van der Waals surface area contributed by atoms with Crippen molar-refractivity contribution in [1.82, 2.24) is 5.32 Å². The Morgan fingerprint density at radius 3 is 1.78 bits per heavy atom. The first-order chi connectivity index (χ1) is 8.31. The van der Waals surface area contributed by atoms with E-state index in [1.807, 2.05) is 0 Å². The lowest BCUT2D eigenvalue weighted by atomic mass is 10.0. The molecule has 0 saturated carbocycles. The largest absolute Gasteiger partial charge is 0.480 e. The molecule has 0 radical (unpaired) electrons. The van der Waals surface area contributed by atoms with E-state index in [0.717, 1.165) is 0 Å². The number of carbonyl (C=O) groups is 1. The van der Waals surface area contributed by atoms with Gasteiger partial charge in [0.1, 0.15) is 6.04 Å². The molecule has 0 aliphatic heterocycles. The van der Waals surface area contributed by atoms with Gasteiger partial charge >= 0.3 is 5.97 Å². The number of carboxylic acids is 1. The molecule has 0 amide bonds. The molecule has 0 aromatic heterocycles. The quantitative estimate of drug-likeness (QED) is 0.496. The summed E-state index contributed by atoms with van der Waals surface area (Å²) in [5.41, 5.74) is -1.16. The van der Waals surface area contributed by atoms with Crippen LogP contribution in [0.3, 0.4) is 0 Å². The zero-order valence-corrected chi connectivity index (χ0v) is 9.03. The first-order valence-corrected chi connectivity index (χ1v) is 4.71. The Bertz CT molecular complexity index is 463. The van der Waals surface area contributed by atoms with Crippen LogP contribution in [0.2, 0.25) is 0 Å². The smallest absolute Gasteiger partial charge is 0.321 e. The molecule has 0 saturated heterocycles. The Hall–Kier alpha value is -1.70. The van der Waals surface area contributed by atoms with Gasteiger partial charge in [-0.25, -0.2) is 22.0 Å². The molecule has 100 valence electrons. The van der Waals surface area contributed by atoms with Gasteiger partial charge in [0.25, 0.3) is 0 Å². The maximum Gasteiger partial charge on any atom is 0.321 e. The normalized spacial score (nSPS) is 12.6. The third-order valence-electron chi connectivity index (χ3n) is 2.36. The molecule has 0 spiro atoms. The van der Waals surface area contributed by atoms with Crippen molar-refractivity contribution < 1.29 is 31.9 Å². The minimum Gasteiger partial charge on any atom is -0.480 e. The fourth-order valence-corrected chi connectivity index (χ4v) is 1.35. The number of halogens is 5. The molecule has 1 rings (SSSR count). The number of nitrogens with one attached hydrogen (secondary N) is 1. The summed E-state index contributed by atoms with van der Waals surface area (Å²) in [5.74, 6) is -12.0. The molecular weight excluding hydrogens is 261 g/mol. The van der Waals surface area contributed by atoms with Gasteiger partial charge in [0.2, 0.25) is 5.82 Å². The number of hydrogen-bond donors (Lipinski definition) is 2. The van der Waals surface area contributed by atoms with Crippen LogP contribution in [-0.4, -0.2) is 24.2 Å². The van der Waals surface area contributed by atoms with Crippen molar-refractivity contribution in [1.29, 1.82) is 0 Å². The second kappa shape index (κ2) is 5.30. The Kier molecular flexibility index (Phi) is 4.23. The molecule has 18 heavy (non-hydrogen) atoms. The summed E-state index contributed by atoms with van der Waals surface area (Å²) in [6.07, 6.45) is -0.863. The average Bonchev–Trinajstić information content (AvgIpc) is 2.34. The minimum absolute atomic E-state index is 0.863. The van der Waals surface area contributed by atoms with E-state index >= 15 is 0 Å². The second-order valence-electron chi connectivity index (χ2n) is 3.43. The number of likely N-dealkylation sites (N-methyl/N-ethyl adjacent to an activating group) is 1. The van der Waals surface area contributed by atoms with Gasteiger partial charge in [-0.15, -0.1) is 0 Å². The van der Waals surface area contributed by atoms with E-state index in [-0.39, 0.29) is 0 Å². The van der Waals surface area contributed by atoms with Crippen molar-refractivity contribution in [2.75, 3.05) is 7.05 Å². The molecule has 0 aliphatic rings. The second-order valence-corrected chi connectivity index (χ2v) is 3.43. The SMILES string of the molecule is CN[C@H](Cc1c(F)c(F)c(F)c(F)c1F)C(=O)O. The summed E-state index contributed by atoms with van der Waals surface area (Å²) in [6, 6.07) is -1.46. The summed E-state index contributed by atoms with van der Waals surface area (Å²) < 4.78 is 64.8. The fraction of sp³-hybridized carbons (Fsp3) is 0.300. The first-order valence-electron chi connectivity index (χ1n) is 4.71. The highest BCUT2D eigenvalue weighted by molar-refractivity contribution is 5.73. The summed E-state index contributed by atoms with van der Waals surface area (Å²) in [4.78, 5) is 10.6. The molecule has 8 heteroatoms. The van der Waals surface area contributed by atoms with Crippen LogP contribution in [0.4, 0.5) is 22.0 Å². The van der Waals surface area contributed by atoms with Crippen LogP contribution in [0.15, 0.2) is 0 Å². The highest BCUT2D eigenvalue weighted by atomic mass is 19.2. The number of benzene rings is 1. The molecule has 0 heterocycles. The van der Waals surface area contributed by atoms with Gasteiger partial charge < -0.3 is 10.4 Å². The Morgan fingerprint density at radius 1 is 1.06 bits per heavy atom. The van der Waals surface area contributed by atoms with E-state index in [1.165, 1.54) is 7.05 Å². The Morgan fingerprint density at radius 2 is 1.44 bits per heavy atom. The van der Waals surface area contributed by atoms with Crippen LogP contribution in [0, 0.1) is 29.1 Å². The topological polar surface area (TPSA) is 49.3 Å². The molecule has 1 aromatic rings. The van der Waals surface area contributed by atoms with E-state index in [9.17, 15) is 26.7 Å². The molecule has 1 aromatic carbocycles. The van der Waals surface area contributed by atoms with Crippen molar-refractivity contribution in [2.45, 2.75) is 12.5 Å². The van der Waals surface area contributed by atoms with Crippen LogP contribution in [-0.2, 0) is 11.2 Å². The molecule has 0 bridgehead atoms. The summed E-state index contributed by atoms with van der Waals surface area (Å²) in [5, 5.41) is 10.8. The van der Waals surface area contributed by atoms with E-state index in [1.54, 1.807) is 0 Å². The Balaban J connectivity index is 3.29. The lowest BCUT2D eigenvalue weighted by molar-refractivity contribution is -0.139. The van der Waals surface area contributed by atoms with E-state index < -0.39 is 53.1 Å². The van der Waals surface area contributed by atoms with Crippen molar-refractivity contribution in [3.63, 3.8) is 0 Å². The van der Waals surface area contributed by atoms with Gasteiger partial charge in [0, 0.05) is 12.0 Å². The predicted octanol–water partition coefficient (Wildman–Crippen LogP) is 1.60. The van der Waals surface area contributed by atoms with Gasteiger partial charge in [0.15, 0.2) is 23.3 Å². The van der Waals surface area contributed by atoms with Gasteiger partial charge in [-0.3, -0.25) is 4.79 Å². The van der Waals surface area contributed by atoms with Crippen molar-refractivity contribution >= 4 is 5.97 Å². The highest BCUT2D eigenvalue weighted by Gasteiger charge is 2.28. The Labute approximate surface area is 98.2 Å². The highest BCUT2D eigenvalue weighted by Crippen LogP contribution is 2.24. The standard InChI is InChI=1S/C10H8F5NO2/c1-16-4(10(17)18)2-3-5(11)7(13)9(15)8(14)6(3)12/h4,16H,2H2,1H3,(H,17,18)/t4-/m1/s1. The third-order valence-corrected chi connectivity index (χ3v) is 2.36. The average molecular weight is 269 g/mol. The number of aliphatic carboxylic acids is 1. The lowest BCUT2D eigenvalue weighted by Gasteiger charge is -2.13. The zero-order chi connectivity index (χ0) is 14.0. The van der Waals surface area contributed by atoms with E-state index in [4.69, 9.17) is 5.11 Å². The fourth-order valence-electron chi connectivity index (χ4n) is 1.35. The molecular formula is C10H8F5NO2. The monoisotopic (exact) mass is 269 g/mol. The molecule has 0 fully saturated rings. The van der Waals surface area contributed by atoms with Crippen molar-refractivity contribution in [3.8, 4) is 0 Å². The van der Waals surface area contributed by atoms with Crippen LogP contribution >= 0.6 is 0 Å². The summed E-state index contributed by atoms with van der Waals surface area (Å²) in [6.45, 7) is 0. The molecule has 0 unspecified atom stereocenters. The van der Waals surface area contributed by atoms with E-state index in [2.05, 4.69) is 5.32 Å². The van der Waals surface area contributed by atoms with Crippen molar-refractivity contribution in [3.05, 3.63) is 34.6 Å². The van der Waals surface area contributed by atoms with Crippen LogP contribution in [0.1, 0.15) is 5.56 Å². The van der Waals surface area contributed by atoms with Crippen LogP contribution < -0.4 is 5.32 Å². The third kappa shape index (κ3) is 2.42. The molecule has 3 nitrogen and oxygen atoms in total. The summed E-state index contributed by atoms with van der Waals surface area (Å²) >= 11 is 0. The maximum atomic E-state index is 13.2. The van der Waals surface area contributed by atoms with E-state index in [0.29, 0.717) is 0 Å². The van der Waals surface area contributed by atoms with Crippen LogP contribution in [0.25, 0.3) is 0 Å². The van der Waals surface area contributed by atoms with Crippen LogP contribution in [0.5, 0.6) is 0 Å². The van der Waals surface area contributed by atoms with Gasteiger partial charge in [-0.05, 0) is 7.05 Å². The van der Waals surface area contributed by atoms with Crippen molar-refractivity contribution in [2.24, 2.45) is 0 Å². The number of carboxylic acid groups (broad SMARTS) is 1. The molecule has 0 aliphatic carbocycles. The molecule has 2 N–H and O–H groups in total. The minimum atomic E-state index is -2.27. The lowest BCUT2D eigenvalue weighted by Crippen LogP contribution is -2.36. The summed E-state index contributed by atoms with van der Waals surface area (Å²) in [7, 11) is 1.19. The molecule has 1 atom stereocenters. The predicted molar refractivity (Wildman–Crippen MR) is 50.4 cm³/mol. The van der Waals surface area contributed by atoms with Gasteiger partial charge in [-0.1, -0.05) is 0 Å². The van der Waals surface area contributed by atoms with Gasteiger partial charge in [0.05, 0.1) is 0 Å². The maximum absolute atomic E-state index is 13.2. The first kappa shape index (κ1) is 14.4. The van der Waals surface area contributed by atoms with Gasteiger partial charge in [-0.2, -0.15) is 0 Å².